The fourth-order valence-electron chi connectivity index (χ4n) is 4.94. The highest BCUT2D eigenvalue weighted by atomic mass is 35.5. The van der Waals surface area contributed by atoms with Crippen molar-refractivity contribution in [1.82, 2.24) is 19.2 Å². The molecule has 4 rings (SSSR count). The average Bonchev–Trinajstić information content (AvgIpc) is 3.30. The summed E-state index contributed by atoms with van der Waals surface area (Å²) in [5.74, 6) is 1.58. The fourth-order valence-corrected chi connectivity index (χ4v) is 5.62. The summed E-state index contributed by atoms with van der Waals surface area (Å²) in [5.41, 5.74) is 2.59. The van der Waals surface area contributed by atoms with E-state index in [1.165, 1.54) is 11.4 Å². The van der Waals surface area contributed by atoms with Crippen molar-refractivity contribution in [3.05, 3.63) is 41.0 Å². The molecular formula is C28H35ClN5O6S-. The molecule has 222 valence electrons. The van der Waals surface area contributed by atoms with Crippen molar-refractivity contribution >= 4 is 45.8 Å². The first-order chi connectivity index (χ1) is 19.3. The predicted molar refractivity (Wildman–Crippen MR) is 158 cm³/mol. The molecule has 1 fully saturated rings. The molecule has 11 nitrogen and oxygen atoms in total. The Kier molecular flexibility index (Phi) is 9.27. The fraction of sp³-hybridized carbons (Fsp3) is 0.464. The summed E-state index contributed by atoms with van der Waals surface area (Å²) in [6, 6.07) is 6.97. The molecule has 0 bridgehead atoms. The summed E-state index contributed by atoms with van der Waals surface area (Å²) >= 11 is 4.28. The number of carbonyl (C=O) groups excluding carboxylic acids is 1. The van der Waals surface area contributed by atoms with Gasteiger partial charge < -0.3 is 29.0 Å². The molecule has 0 saturated carbocycles. The van der Waals surface area contributed by atoms with Gasteiger partial charge in [-0.3, -0.25) is 4.21 Å². The second-order valence-corrected chi connectivity index (χ2v) is 12.4. The summed E-state index contributed by atoms with van der Waals surface area (Å²) in [4.78, 5) is 23.7. The van der Waals surface area contributed by atoms with Crippen molar-refractivity contribution in [2.45, 2.75) is 51.8 Å². The largest absolute Gasteiger partial charge is 0.760 e. The van der Waals surface area contributed by atoms with Gasteiger partial charge in [0.05, 0.1) is 30.8 Å². The van der Waals surface area contributed by atoms with Crippen LogP contribution in [0.25, 0.3) is 22.0 Å². The molecule has 1 aromatic heterocycles. The van der Waals surface area contributed by atoms with Crippen molar-refractivity contribution in [2.24, 2.45) is 0 Å². The Morgan fingerprint density at radius 2 is 1.95 bits per heavy atom. The Morgan fingerprint density at radius 3 is 2.59 bits per heavy atom. The second kappa shape index (κ2) is 12.4. The summed E-state index contributed by atoms with van der Waals surface area (Å²) < 4.78 is 40.6. The van der Waals surface area contributed by atoms with E-state index in [1.54, 1.807) is 52.2 Å². The van der Waals surface area contributed by atoms with Crippen LogP contribution in [0.1, 0.15) is 32.8 Å². The van der Waals surface area contributed by atoms with Gasteiger partial charge in [-0.25, -0.2) is 19.1 Å². The lowest BCUT2D eigenvalue weighted by molar-refractivity contribution is 0.0215. The molecule has 13 heteroatoms. The topological polar surface area (TPSA) is 129 Å². The number of amides is 1. The Hall–Kier alpha value is -3.19. The van der Waals surface area contributed by atoms with E-state index in [0.717, 1.165) is 27.6 Å². The summed E-state index contributed by atoms with van der Waals surface area (Å²) in [6.07, 6.45) is 1.73. The summed E-state index contributed by atoms with van der Waals surface area (Å²) in [5, 5.41) is 4.61. The zero-order chi connectivity index (χ0) is 30.1. The van der Waals surface area contributed by atoms with Crippen LogP contribution in [-0.4, -0.2) is 86.1 Å². The number of hydrogen-bond donors (Lipinski definition) is 1. The van der Waals surface area contributed by atoms with E-state index >= 15 is 0 Å². The number of rotatable bonds is 8. The van der Waals surface area contributed by atoms with Gasteiger partial charge in [-0.2, -0.15) is 0 Å². The molecule has 1 saturated heterocycles. The van der Waals surface area contributed by atoms with Gasteiger partial charge in [0.2, 0.25) is 5.95 Å². The molecule has 3 unspecified atom stereocenters. The van der Waals surface area contributed by atoms with E-state index in [1.807, 2.05) is 25.1 Å². The molecule has 2 heterocycles. The summed E-state index contributed by atoms with van der Waals surface area (Å²) in [7, 11) is 4.63. The van der Waals surface area contributed by atoms with E-state index in [9.17, 15) is 13.6 Å². The van der Waals surface area contributed by atoms with Crippen LogP contribution in [0.2, 0.25) is 5.02 Å². The Balaban J connectivity index is 1.57. The van der Waals surface area contributed by atoms with Gasteiger partial charge in [0.1, 0.15) is 17.1 Å². The highest BCUT2D eigenvalue weighted by Gasteiger charge is 2.38. The normalized spacial score (nSPS) is 18.0. The average molecular weight is 605 g/mol. The van der Waals surface area contributed by atoms with Crippen LogP contribution >= 0.6 is 11.6 Å². The number of carbonyl (C=O) groups is 1. The number of anilines is 1. The number of likely N-dealkylation sites (tertiary alicyclic amines) is 1. The molecule has 0 spiro atoms. The van der Waals surface area contributed by atoms with Gasteiger partial charge in [0.15, 0.2) is 0 Å². The van der Waals surface area contributed by atoms with Crippen molar-refractivity contribution in [3.63, 3.8) is 0 Å². The van der Waals surface area contributed by atoms with E-state index in [-0.39, 0.29) is 18.6 Å². The molecule has 2 aromatic carbocycles. The Labute approximate surface area is 247 Å². The van der Waals surface area contributed by atoms with Crippen molar-refractivity contribution in [3.8, 4) is 22.6 Å². The standard InChI is InChI=1S/C28H36ClN5O6S/c1-16-22(38-6)12-23(39-7)25(29)24(16)17-8-9-21-18(10-17)13-30-26(32-21)31-19-11-20(15-33(5)41(36)37)34(14-19)27(35)40-28(2,3)4/h8-10,12-13,19-20H,11,14-15H2,1-7H3,(H,36,37)(H,30,31,32)/p-1. The molecule has 41 heavy (non-hydrogen) atoms. The minimum Gasteiger partial charge on any atom is -0.760 e. The van der Waals surface area contributed by atoms with Crippen LogP contribution < -0.4 is 14.8 Å². The number of ether oxygens (including phenoxy) is 3. The lowest BCUT2D eigenvalue weighted by Gasteiger charge is -2.31. The molecule has 0 radical (unpaired) electrons. The Morgan fingerprint density at radius 1 is 1.24 bits per heavy atom. The van der Waals surface area contributed by atoms with E-state index in [2.05, 4.69) is 15.3 Å². The van der Waals surface area contributed by atoms with E-state index < -0.39 is 23.0 Å². The predicted octanol–water partition coefficient (Wildman–Crippen LogP) is 4.79. The van der Waals surface area contributed by atoms with Crippen LogP contribution in [0.4, 0.5) is 10.7 Å². The molecule has 1 amide bonds. The minimum atomic E-state index is -2.40. The summed E-state index contributed by atoms with van der Waals surface area (Å²) in [6.45, 7) is 7.77. The zero-order valence-corrected chi connectivity index (χ0v) is 25.8. The van der Waals surface area contributed by atoms with Crippen LogP contribution in [0, 0.1) is 6.92 Å². The van der Waals surface area contributed by atoms with E-state index in [0.29, 0.717) is 35.4 Å². The van der Waals surface area contributed by atoms with Gasteiger partial charge in [0.25, 0.3) is 0 Å². The number of halogens is 1. The molecule has 3 aromatic rings. The second-order valence-electron chi connectivity index (χ2n) is 11.0. The number of methoxy groups -OCH3 is 2. The number of aromatic nitrogens is 2. The monoisotopic (exact) mass is 604 g/mol. The molecular weight excluding hydrogens is 570 g/mol. The number of fused-ring (bicyclic) bond motifs is 1. The minimum absolute atomic E-state index is 0.145. The van der Waals surface area contributed by atoms with Crippen molar-refractivity contribution in [2.75, 3.05) is 39.7 Å². The smallest absolute Gasteiger partial charge is 0.410 e. The number of nitrogens with zero attached hydrogens (tertiary/aromatic N) is 4. The van der Waals surface area contributed by atoms with Crippen LogP contribution in [-0.2, 0) is 16.0 Å². The van der Waals surface area contributed by atoms with Crippen LogP contribution in [0.3, 0.4) is 0 Å². The van der Waals surface area contributed by atoms with Crippen molar-refractivity contribution in [1.29, 1.82) is 0 Å². The molecule has 1 aliphatic heterocycles. The first kappa shape index (κ1) is 30.8. The third-order valence-corrected chi connectivity index (χ3v) is 7.88. The molecule has 0 aliphatic carbocycles. The highest BCUT2D eigenvalue weighted by molar-refractivity contribution is 7.76. The quantitative estimate of drug-likeness (QED) is 0.361. The first-order valence-electron chi connectivity index (χ1n) is 13.1. The number of nitrogens with one attached hydrogen (secondary N) is 1. The number of benzene rings is 2. The highest BCUT2D eigenvalue weighted by Crippen LogP contribution is 2.43. The maximum Gasteiger partial charge on any atom is 0.410 e. The number of likely N-dealkylation sites (N-methyl/N-ethyl adjacent to an activating group) is 1. The molecule has 1 aliphatic rings. The zero-order valence-electron chi connectivity index (χ0n) is 24.2. The van der Waals surface area contributed by atoms with Crippen LogP contribution in [0.5, 0.6) is 11.5 Å². The van der Waals surface area contributed by atoms with Gasteiger partial charge in [-0.15, -0.1) is 0 Å². The number of hydrogen-bond acceptors (Lipinski definition) is 9. The van der Waals surface area contributed by atoms with Gasteiger partial charge in [-0.05, 0) is 58.9 Å². The van der Waals surface area contributed by atoms with Crippen LogP contribution in [0.15, 0.2) is 30.5 Å². The molecule has 1 N–H and O–H groups in total. The van der Waals surface area contributed by atoms with E-state index in [4.69, 9.17) is 25.8 Å². The maximum atomic E-state index is 12.9. The van der Waals surface area contributed by atoms with Gasteiger partial charge in [0, 0.05) is 59.2 Å². The third-order valence-electron chi connectivity index (χ3n) is 6.85. The lowest BCUT2D eigenvalue weighted by atomic mass is 9.98. The first-order valence-corrected chi connectivity index (χ1v) is 14.5. The maximum absolute atomic E-state index is 12.9. The SMILES string of the molecule is COc1cc(OC)c(Cl)c(-c2ccc3nc(NC4CC(CN(C)S(=O)[O-])N(C(=O)OC(C)(C)C)C4)ncc3c2)c1C. The Bertz CT molecular complexity index is 1440. The third kappa shape index (κ3) is 7.00. The van der Waals surface area contributed by atoms with Gasteiger partial charge >= 0.3 is 6.09 Å². The van der Waals surface area contributed by atoms with Crippen molar-refractivity contribution < 1.29 is 27.8 Å². The van der Waals surface area contributed by atoms with Gasteiger partial charge in [-0.1, -0.05) is 17.7 Å². The molecule has 3 atom stereocenters. The lowest BCUT2D eigenvalue weighted by Crippen LogP contribution is -2.45.